The summed E-state index contributed by atoms with van der Waals surface area (Å²) in [5.41, 5.74) is 2.19. The monoisotopic (exact) mass is 342 g/mol. The van der Waals surface area contributed by atoms with Gasteiger partial charge in [0, 0.05) is 42.8 Å². The van der Waals surface area contributed by atoms with Gasteiger partial charge in [0.25, 0.3) is 0 Å². The molecule has 3 aromatic heterocycles. The number of ether oxygens (including phenoxy) is 1. The fourth-order valence-electron chi connectivity index (χ4n) is 3.76. The van der Waals surface area contributed by atoms with E-state index in [4.69, 9.17) is 9.72 Å². The molecule has 0 aromatic carbocycles. The smallest absolute Gasteiger partial charge is 0.143 e. The van der Waals surface area contributed by atoms with Gasteiger partial charge < -0.3 is 14.2 Å². The molecular weight excluding hydrogens is 319 g/mol. The fraction of sp³-hybridized carbons (Fsp3) is 0.474. The summed E-state index contributed by atoms with van der Waals surface area (Å²) >= 11 is 0. The Morgan fingerprint density at radius 1 is 1.20 bits per heavy atom. The maximum absolute atomic E-state index is 12.2. The van der Waals surface area contributed by atoms with Crippen molar-refractivity contribution in [3.05, 3.63) is 30.6 Å². The highest BCUT2D eigenvalue weighted by atomic mass is 19.1. The Hall–Kier alpha value is -2.21. The van der Waals surface area contributed by atoms with Crippen LogP contribution in [0.1, 0.15) is 19.8 Å². The van der Waals surface area contributed by atoms with E-state index in [0.29, 0.717) is 0 Å². The molecule has 0 atom stereocenters. The Kier molecular flexibility index (Phi) is 4.53. The van der Waals surface area contributed by atoms with Crippen LogP contribution in [0.4, 0.5) is 10.2 Å². The van der Waals surface area contributed by atoms with Crippen LogP contribution in [-0.4, -0.2) is 47.0 Å². The number of halogens is 1. The number of alkyl halides is 1. The number of fused-ring (bicyclic) bond motifs is 3. The van der Waals surface area contributed by atoms with Crippen molar-refractivity contribution in [3.8, 4) is 0 Å². The summed E-state index contributed by atoms with van der Waals surface area (Å²) in [6.07, 6.45) is 5.75. The largest absolute Gasteiger partial charge is 0.375 e. The first-order valence-corrected chi connectivity index (χ1v) is 8.97. The molecule has 1 aliphatic rings. The van der Waals surface area contributed by atoms with Gasteiger partial charge in [0.15, 0.2) is 0 Å². The van der Waals surface area contributed by atoms with Gasteiger partial charge in [-0.15, -0.1) is 0 Å². The van der Waals surface area contributed by atoms with Crippen molar-refractivity contribution < 1.29 is 9.13 Å². The van der Waals surface area contributed by atoms with Gasteiger partial charge in [-0.2, -0.15) is 0 Å². The van der Waals surface area contributed by atoms with Crippen molar-refractivity contribution >= 4 is 27.8 Å². The molecule has 5 nitrogen and oxygen atoms in total. The Labute approximate surface area is 146 Å². The molecule has 6 heteroatoms. The van der Waals surface area contributed by atoms with Crippen LogP contribution >= 0.6 is 0 Å². The normalized spacial score (nSPS) is 16.2. The van der Waals surface area contributed by atoms with E-state index in [1.807, 2.05) is 18.5 Å². The third-order valence-electron chi connectivity index (χ3n) is 5.01. The number of hydrogen-bond donors (Lipinski definition) is 0. The van der Waals surface area contributed by atoms with Gasteiger partial charge in [-0.05, 0) is 38.0 Å². The first-order chi connectivity index (χ1) is 12.3. The molecule has 4 heterocycles. The third kappa shape index (κ3) is 2.95. The number of piperidine rings is 1. The van der Waals surface area contributed by atoms with Crippen molar-refractivity contribution in [3.63, 3.8) is 0 Å². The molecule has 0 spiro atoms. The van der Waals surface area contributed by atoms with Gasteiger partial charge >= 0.3 is 0 Å². The van der Waals surface area contributed by atoms with Crippen molar-refractivity contribution in [2.75, 3.05) is 31.3 Å². The van der Waals surface area contributed by atoms with E-state index in [1.165, 1.54) is 5.52 Å². The lowest BCUT2D eigenvalue weighted by atomic mass is 10.1. The minimum atomic E-state index is -0.408. The van der Waals surface area contributed by atoms with E-state index < -0.39 is 6.67 Å². The fourth-order valence-corrected chi connectivity index (χ4v) is 3.76. The zero-order valence-corrected chi connectivity index (χ0v) is 14.5. The molecule has 0 bridgehead atoms. The molecule has 132 valence electrons. The SMILES string of the molecule is CCn1c2ccncc2c2ccc(N3CCC(OCCF)CC3)nc21. The Balaban J connectivity index is 1.63. The van der Waals surface area contributed by atoms with Crippen LogP contribution in [0.25, 0.3) is 21.9 Å². The first-order valence-electron chi connectivity index (χ1n) is 8.97. The minimum Gasteiger partial charge on any atom is -0.375 e. The quantitative estimate of drug-likeness (QED) is 0.711. The molecule has 0 aliphatic carbocycles. The Bertz CT molecular complexity index is 870. The van der Waals surface area contributed by atoms with Crippen molar-refractivity contribution in [2.45, 2.75) is 32.4 Å². The first kappa shape index (κ1) is 16.3. The molecule has 3 aromatic rings. The second-order valence-electron chi connectivity index (χ2n) is 6.42. The van der Waals surface area contributed by atoms with Crippen LogP contribution in [0.2, 0.25) is 0 Å². The van der Waals surface area contributed by atoms with Gasteiger partial charge in [-0.1, -0.05) is 0 Å². The molecule has 1 aliphatic heterocycles. The molecule has 0 amide bonds. The van der Waals surface area contributed by atoms with Crippen LogP contribution in [0, 0.1) is 0 Å². The van der Waals surface area contributed by atoms with Crippen LogP contribution in [0.5, 0.6) is 0 Å². The third-order valence-corrected chi connectivity index (χ3v) is 5.01. The van der Waals surface area contributed by atoms with E-state index in [-0.39, 0.29) is 12.7 Å². The number of rotatable bonds is 5. The Morgan fingerprint density at radius 3 is 2.80 bits per heavy atom. The summed E-state index contributed by atoms with van der Waals surface area (Å²) in [7, 11) is 0. The van der Waals surface area contributed by atoms with Gasteiger partial charge in [-0.25, -0.2) is 9.37 Å². The van der Waals surface area contributed by atoms with Crippen LogP contribution in [0.15, 0.2) is 30.6 Å². The maximum atomic E-state index is 12.2. The highest BCUT2D eigenvalue weighted by Crippen LogP contribution is 2.29. The summed E-state index contributed by atoms with van der Waals surface area (Å²) in [6, 6.07) is 6.30. The van der Waals surface area contributed by atoms with Crippen LogP contribution in [0.3, 0.4) is 0 Å². The number of pyridine rings is 2. The number of hydrogen-bond acceptors (Lipinski definition) is 4. The van der Waals surface area contributed by atoms with E-state index in [9.17, 15) is 4.39 Å². The highest BCUT2D eigenvalue weighted by molar-refractivity contribution is 6.06. The van der Waals surface area contributed by atoms with Crippen molar-refractivity contribution in [1.29, 1.82) is 0 Å². The minimum absolute atomic E-state index is 0.170. The van der Waals surface area contributed by atoms with Crippen LogP contribution in [-0.2, 0) is 11.3 Å². The van der Waals surface area contributed by atoms with E-state index in [2.05, 4.69) is 33.5 Å². The van der Waals surface area contributed by atoms with E-state index >= 15 is 0 Å². The number of aromatic nitrogens is 3. The molecule has 0 saturated carbocycles. The predicted molar refractivity (Wildman–Crippen MR) is 97.9 cm³/mol. The molecule has 0 radical (unpaired) electrons. The number of anilines is 1. The zero-order chi connectivity index (χ0) is 17.2. The van der Waals surface area contributed by atoms with Crippen molar-refractivity contribution in [1.82, 2.24) is 14.5 Å². The zero-order valence-electron chi connectivity index (χ0n) is 14.5. The van der Waals surface area contributed by atoms with E-state index in [0.717, 1.165) is 54.7 Å². The second-order valence-corrected chi connectivity index (χ2v) is 6.42. The van der Waals surface area contributed by atoms with Crippen LogP contribution < -0.4 is 4.90 Å². The maximum Gasteiger partial charge on any atom is 0.143 e. The van der Waals surface area contributed by atoms with Gasteiger partial charge in [0.2, 0.25) is 0 Å². The lowest BCUT2D eigenvalue weighted by Gasteiger charge is -2.32. The summed E-state index contributed by atoms with van der Waals surface area (Å²) in [5, 5.41) is 2.30. The standard InChI is InChI=1S/C19H23FN4O/c1-2-24-17-5-9-21-13-16(17)15-3-4-18(22-19(15)24)23-10-6-14(7-11-23)25-12-8-20/h3-5,9,13-14H,2,6-8,10-12H2,1H3. The highest BCUT2D eigenvalue weighted by Gasteiger charge is 2.21. The average Bonchev–Trinajstić information content (AvgIpc) is 2.99. The lowest BCUT2D eigenvalue weighted by Crippen LogP contribution is -2.37. The topological polar surface area (TPSA) is 43.2 Å². The Morgan fingerprint density at radius 2 is 2.04 bits per heavy atom. The molecular formula is C19H23FN4O. The summed E-state index contributed by atoms with van der Waals surface area (Å²) in [4.78, 5) is 11.5. The lowest BCUT2D eigenvalue weighted by molar-refractivity contribution is 0.0293. The summed E-state index contributed by atoms with van der Waals surface area (Å²) in [5.74, 6) is 1.00. The number of nitrogens with zero attached hydrogens (tertiary/aromatic N) is 4. The molecule has 1 fully saturated rings. The van der Waals surface area contributed by atoms with E-state index in [1.54, 1.807) is 0 Å². The summed E-state index contributed by atoms with van der Waals surface area (Å²) < 4.78 is 20.0. The van der Waals surface area contributed by atoms with Gasteiger partial charge in [-0.3, -0.25) is 4.98 Å². The molecule has 0 N–H and O–H groups in total. The molecule has 4 rings (SSSR count). The van der Waals surface area contributed by atoms with Gasteiger partial charge in [0.05, 0.1) is 18.2 Å². The summed E-state index contributed by atoms with van der Waals surface area (Å²) in [6.45, 7) is 4.60. The molecule has 1 saturated heterocycles. The number of aryl methyl sites for hydroxylation is 1. The molecule has 0 unspecified atom stereocenters. The van der Waals surface area contributed by atoms with Crippen molar-refractivity contribution in [2.24, 2.45) is 0 Å². The second kappa shape index (κ2) is 6.96. The average molecular weight is 342 g/mol. The van der Waals surface area contributed by atoms with Gasteiger partial charge in [0.1, 0.15) is 18.1 Å². The molecule has 25 heavy (non-hydrogen) atoms. The predicted octanol–water partition coefficient (Wildman–Crippen LogP) is 3.56.